The molecule has 3 heterocycles. The molecule has 0 bridgehead atoms. The topological polar surface area (TPSA) is 67.2 Å². The van der Waals surface area contributed by atoms with E-state index in [-0.39, 0.29) is 17.9 Å². The normalized spacial score (nSPS) is 19.4. The van der Waals surface area contributed by atoms with Gasteiger partial charge in [-0.2, -0.15) is 0 Å². The lowest BCUT2D eigenvalue weighted by molar-refractivity contribution is 0.0678. The molecule has 2 aliphatic heterocycles. The lowest BCUT2D eigenvalue weighted by Crippen LogP contribution is -2.39. The number of hydrogen-bond donors (Lipinski definition) is 1. The van der Waals surface area contributed by atoms with Crippen LogP contribution in [0.5, 0.6) is 0 Å². The van der Waals surface area contributed by atoms with Gasteiger partial charge in [0.05, 0.1) is 5.69 Å². The number of carbonyl (C=O) groups excluding carboxylic acids is 2. The molecule has 138 valence electrons. The van der Waals surface area contributed by atoms with E-state index in [4.69, 9.17) is 0 Å². The van der Waals surface area contributed by atoms with E-state index >= 15 is 0 Å². The molecule has 3 rings (SSSR count). The zero-order valence-corrected chi connectivity index (χ0v) is 15.7. The number of likely N-dealkylation sites (tertiary alicyclic amines) is 1. The van der Waals surface area contributed by atoms with E-state index in [0.29, 0.717) is 17.4 Å². The third-order valence-electron chi connectivity index (χ3n) is 5.58. The molecule has 6 heteroatoms. The van der Waals surface area contributed by atoms with Crippen molar-refractivity contribution in [2.24, 2.45) is 5.92 Å². The lowest BCUT2D eigenvalue weighted by atomic mass is 9.99. The third kappa shape index (κ3) is 3.72. The van der Waals surface area contributed by atoms with E-state index in [1.165, 1.54) is 0 Å². The van der Waals surface area contributed by atoms with Gasteiger partial charge in [-0.1, -0.05) is 13.8 Å². The van der Waals surface area contributed by atoms with Crippen molar-refractivity contribution in [1.29, 1.82) is 0 Å². The molecule has 2 aliphatic rings. The molecule has 1 N–H and O–H groups in total. The predicted octanol–water partition coefficient (Wildman–Crippen LogP) is 2.62. The van der Waals surface area contributed by atoms with Crippen molar-refractivity contribution in [3.8, 4) is 0 Å². The van der Waals surface area contributed by atoms with Crippen LogP contribution in [0.2, 0.25) is 0 Å². The van der Waals surface area contributed by atoms with Gasteiger partial charge in [-0.15, -0.1) is 0 Å². The van der Waals surface area contributed by atoms with E-state index in [1.54, 1.807) is 0 Å². The zero-order valence-electron chi connectivity index (χ0n) is 15.7. The Morgan fingerprint density at radius 3 is 2.64 bits per heavy atom. The maximum Gasteiger partial charge on any atom is 0.289 e. The smallest absolute Gasteiger partial charge is 0.289 e. The minimum Gasteiger partial charge on any atom is -0.348 e. The first-order valence-corrected chi connectivity index (χ1v) is 9.70. The molecule has 0 aromatic carbocycles. The fourth-order valence-electron chi connectivity index (χ4n) is 3.64. The highest BCUT2D eigenvalue weighted by molar-refractivity contribution is 5.97. The molecule has 1 atom stereocenters. The first-order valence-electron chi connectivity index (χ1n) is 9.70. The fraction of sp³-hybridized carbons (Fsp3) is 0.737. The highest BCUT2D eigenvalue weighted by Gasteiger charge is 2.31. The van der Waals surface area contributed by atoms with Crippen molar-refractivity contribution in [1.82, 2.24) is 19.8 Å². The van der Waals surface area contributed by atoms with Crippen molar-refractivity contribution < 1.29 is 9.59 Å². The van der Waals surface area contributed by atoms with Gasteiger partial charge in [-0.25, -0.2) is 4.98 Å². The third-order valence-corrected chi connectivity index (χ3v) is 5.58. The largest absolute Gasteiger partial charge is 0.348 e. The highest BCUT2D eigenvalue weighted by Crippen LogP contribution is 2.24. The summed E-state index contributed by atoms with van der Waals surface area (Å²) in [5, 5.41) is 2.99. The maximum atomic E-state index is 13.0. The summed E-state index contributed by atoms with van der Waals surface area (Å²) in [7, 11) is 0. The molecule has 1 fully saturated rings. The van der Waals surface area contributed by atoms with Crippen molar-refractivity contribution in [2.75, 3.05) is 13.1 Å². The minimum absolute atomic E-state index is 0.0161. The second kappa shape index (κ2) is 7.58. The van der Waals surface area contributed by atoms with E-state index in [9.17, 15) is 9.59 Å². The molecule has 1 unspecified atom stereocenters. The van der Waals surface area contributed by atoms with Gasteiger partial charge in [-0.05, 0) is 51.4 Å². The Morgan fingerprint density at radius 2 is 1.96 bits per heavy atom. The van der Waals surface area contributed by atoms with Gasteiger partial charge >= 0.3 is 0 Å². The molecule has 1 aromatic heterocycles. The molecule has 1 saturated heterocycles. The van der Waals surface area contributed by atoms with Gasteiger partial charge in [0, 0.05) is 25.7 Å². The summed E-state index contributed by atoms with van der Waals surface area (Å²) in [6.07, 6.45) is 5.86. The summed E-state index contributed by atoms with van der Waals surface area (Å²) in [5.74, 6) is 0.970. The summed E-state index contributed by atoms with van der Waals surface area (Å²) < 4.78 is 2.00. The Labute approximate surface area is 150 Å². The van der Waals surface area contributed by atoms with Gasteiger partial charge < -0.3 is 14.8 Å². The second-order valence-electron chi connectivity index (χ2n) is 7.60. The van der Waals surface area contributed by atoms with Crippen LogP contribution in [-0.2, 0) is 13.0 Å². The Balaban J connectivity index is 1.87. The summed E-state index contributed by atoms with van der Waals surface area (Å²) in [6, 6.07) is 0.108. The van der Waals surface area contributed by atoms with Crippen LogP contribution in [-0.4, -0.2) is 45.4 Å². The van der Waals surface area contributed by atoms with Crippen LogP contribution in [0.25, 0.3) is 0 Å². The summed E-state index contributed by atoms with van der Waals surface area (Å²) in [6.45, 7) is 8.62. The Kier molecular flexibility index (Phi) is 5.45. The van der Waals surface area contributed by atoms with E-state index in [1.807, 2.05) is 23.3 Å². The molecule has 25 heavy (non-hydrogen) atoms. The molecule has 6 nitrogen and oxygen atoms in total. The number of carbonyl (C=O) groups is 2. The number of piperidine rings is 1. The number of nitrogens with one attached hydrogen (secondary N) is 1. The average Bonchev–Trinajstić information content (AvgIpc) is 3.01. The van der Waals surface area contributed by atoms with Crippen LogP contribution in [0.15, 0.2) is 0 Å². The van der Waals surface area contributed by atoms with Crippen molar-refractivity contribution in [2.45, 2.75) is 71.9 Å². The van der Waals surface area contributed by atoms with Crippen LogP contribution in [0.4, 0.5) is 0 Å². The number of hydrogen-bond acceptors (Lipinski definition) is 3. The Hall–Kier alpha value is -1.85. The quantitative estimate of drug-likeness (QED) is 0.911. The van der Waals surface area contributed by atoms with Gasteiger partial charge in [0.15, 0.2) is 5.82 Å². The maximum absolute atomic E-state index is 13.0. The van der Waals surface area contributed by atoms with Crippen molar-refractivity contribution >= 4 is 11.8 Å². The van der Waals surface area contributed by atoms with E-state index in [0.717, 1.165) is 63.9 Å². The predicted molar refractivity (Wildman–Crippen MR) is 96.7 cm³/mol. The highest BCUT2D eigenvalue weighted by atomic mass is 16.2. The SMILES string of the molecule is CCC(C)NC(=O)c1nc(C(=O)N2CCC(C)CC2)n2c1CCCC2. The molecule has 0 saturated carbocycles. The summed E-state index contributed by atoms with van der Waals surface area (Å²) in [4.78, 5) is 32.1. The van der Waals surface area contributed by atoms with Gasteiger partial charge in [0.2, 0.25) is 0 Å². The van der Waals surface area contributed by atoms with Gasteiger partial charge in [-0.3, -0.25) is 9.59 Å². The standard InChI is InChI=1S/C19H30N4O2/c1-4-14(3)20-18(24)16-15-7-5-6-10-23(15)17(21-16)19(25)22-11-8-13(2)9-12-22/h13-14H,4-12H2,1-3H3,(H,20,24). The number of nitrogens with zero attached hydrogens (tertiary/aromatic N) is 3. The number of imidazole rings is 1. The molecule has 0 aliphatic carbocycles. The number of amides is 2. The van der Waals surface area contributed by atoms with Crippen molar-refractivity contribution in [3.05, 3.63) is 17.2 Å². The molecule has 2 amide bonds. The monoisotopic (exact) mass is 346 g/mol. The molecule has 0 spiro atoms. The van der Waals surface area contributed by atoms with Crippen LogP contribution in [0.3, 0.4) is 0 Å². The molecular formula is C19H30N4O2. The number of rotatable bonds is 4. The minimum atomic E-state index is -0.147. The molecule has 1 aromatic rings. The first-order chi connectivity index (χ1) is 12.0. The van der Waals surface area contributed by atoms with E-state index in [2.05, 4.69) is 17.2 Å². The summed E-state index contributed by atoms with van der Waals surface area (Å²) in [5.41, 5.74) is 1.38. The Morgan fingerprint density at radius 1 is 1.24 bits per heavy atom. The number of aromatic nitrogens is 2. The average molecular weight is 346 g/mol. The first kappa shape index (κ1) is 18.0. The molecular weight excluding hydrogens is 316 g/mol. The zero-order chi connectivity index (χ0) is 18.0. The fourth-order valence-corrected chi connectivity index (χ4v) is 3.64. The van der Waals surface area contributed by atoms with Crippen LogP contribution >= 0.6 is 0 Å². The lowest BCUT2D eigenvalue weighted by Gasteiger charge is -2.30. The molecule has 0 radical (unpaired) electrons. The summed E-state index contributed by atoms with van der Waals surface area (Å²) >= 11 is 0. The van der Waals surface area contributed by atoms with Crippen LogP contribution in [0, 0.1) is 5.92 Å². The van der Waals surface area contributed by atoms with Gasteiger partial charge in [0.1, 0.15) is 5.69 Å². The Bertz CT molecular complexity index is 644. The van der Waals surface area contributed by atoms with Gasteiger partial charge in [0.25, 0.3) is 11.8 Å². The number of fused-ring (bicyclic) bond motifs is 1. The van der Waals surface area contributed by atoms with Crippen LogP contribution in [0.1, 0.15) is 79.7 Å². The van der Waals surface area contributed by atoms with Crippen LogP contribution < -0.4 is 5.32 Å². The van der Waals surface area contributed by atoms with E-state index < -0.39 is 0 Å². The second-order valence-corrected chi connectivity index (χ2v) is 7.60. The van der Waals surface area contributed by atoms with Crippen molar-refractivity contribution in [3.63, 3.8) is 0 Å².